The second kappa shape index (κ2) is 10.3. The molecule has 2 aromatic rings. The Morgan fingerprint density at radius 2 is 1.86 bits per heavy atom. The van der Waals surface area contributed by atoms with Crippen LogP contribution in [0.2, 0.25) is 5.02 Å². The summed E-state index contributed by atoms with van der Waals surface area (Å²) in [5.41, 5.74) is 0.186. The van der Waals surface area contributed by atoms with Crippen molar-refractivity contribution >= 4 is 33.2 Å². The smallest absolute Gasteiger partial charge is 0.264 e. The molecule has 0 heterocycles. The number of carbonyl (C=O) groups is 1. The van der Waals surface area contributed by atoms with Crippen LogP contribution in [0.5, 0.6) is 5.75 Å². The number of nitrogens with zero attached hydrogens (tertiary/aromatic N) is 1. The standard InChI is InChI=1S/C19H23ClN2O5S/c1-26-12-6-11-21-19(23)14-22(17-13-15(20)9-10-18(17)27-2)28(24,25)16-7-4-3-5-8-16/h3-5,7-10,13H,6,11-12,14H2,1-2H3,(H,21,23). The molecule has 0 aliphatic rings. The maximum Gasteiger partial charge on any atom is 0.264 e. The molecule has 1 N–H and O–H groups in total. The first kappa shape index (κ1) is 22.0. The van der Waals surface area contributed by atoms with Crippen LogP contribution in [-0.4, -0.2) is 48.2 Å². The number of nitrogens with one attached hydrogen (secondary N) is 1. The SMILES string of the molecule is COCCCNC(=O)CN(c1cc(Cl)ccc1OC)S(=O)(=O)c1ccccc1. The zero-order valence-corrected chi connectivity index (χ0v) is 17.3. The van der Waals surface area contributed by atoms with E-state index in [9.17, 15) is 13.2 Å². The van der Waals surface area contributed by atoms with Gasteiger partial charge in [-0.05, 0) is 36.8 Å². The van der Waals surface area contributed by atoms with Crippen LogP contribution in [0.3, 0.4) is 0 Å². The van der Waals surface area contributed by atoms with E-state index in [0.717, 1.165) is 4.31 Å². The molecule has 0 spiro atoms. The van der Waals surface area contributed by atoms with Crippen LogP contribution in [0.4, 0.5) is 5.69 Å². The van der Waals surface area contributed by atoms with Gasteiger partial charge in [-0.2, -0.15) is 0 Å². The predicted molar refractivity (Wildman–Crippen MR) is 108 cm³/mol. The van der Waals surface area contributed by atoms with E-state index < -0.39 is 22.5 Å². The number of methoxy groups -OCH3 is 2. The summed E-state index contributed by atoms with van der Waals surface area (Å²) in [5.74, 6) is -0.159. The number of ether oxygens (including phenoxy) is 2. The zero-order valence-electron chi connectivity index (χ0n) is 15.7. The van der Waals surface area contributed by atoms with Crippen LogP contribution in [0.25, 0.3) is 0 Å². The van der Waals surface area contributed by atoms with Gasteiger partial charge in [0.25, 0.3) is 10.0 Å². The summed E-state index contributed by atoms with van der Waals surface area (Å²) in [6, 6.07) is 12.5. The van der Waals surface area contributed by atoms with E-state index >= 15 is 0 Å². The fraction of sp³-hybridized carbons (Fsp3) is 0.316. The van der Waals surface area contributed by atoms with E-state index in [4.69, 9.17) is 21.1 Å². The Morgan fingerprint density at radius 3 is 2.50 bits per heavy atom. The van der Waals surface area contributed by atoms with Gasteiger partial charge >= 0.3 is 0 Å². The highest BCUT2D eigenvalue weighted by Gasteiger charge is 2.29. The number of amides is 1. The summed E-state index contributed by atoms with van der Waals surface area (Å²) < 4.78 is 37.7. The highest BCUT2D eigenvalue weighted by atomic mass is 35.5. The van der Waals surface area contributed by atoms with Gasteiger partial charge in [-0.3, -0.25) is 9.10 Å². The molecule has 28 heavy (non-hydrogen) atoms. The number of hydrogen-bond donors (Lipinski definition) is 1. The molecule has 0 radical (unpaired) electrons. The lowest BCUT2D eigenvalue weighted by Crippen LogP contribution is -2.41. The number of anilines is 1. The largest absolute Gasteiger partial charge is 0.495 e. The van der Waals surface area contributed by atoms with Gasteiger partial charge in [0.2, 0.25) is 5.91 Å². The average Bonchev–Trinajstić information content (AvgIpc) is 2.70. The lowest BCUT2D eigenvalue weighted by atomic mass is 10.3. The summed E-state index contributed by atoms with van der Waals surface area (Å²) in [6.45, 7) is 0.452. The molecule has 1 amide bonds. The molecule has 2 aromatic carbocycles. The fourth-order valence-electron chi connectivity index (χ4n) is 2.51. The summed E-state index contributed by atoms with van der Waals surface area (Å²) in [7, 11) is -1.03. The van der Waals surface area contributed by atoms with Crippen LogP contribution in [-0.2, 0) is 19.6 Å². The Morgan fingerprint density at radius 1 is 1.14 bits per heavy atom. The van der Waals surface area contributed by atoms with Crippen molar-refractivity contribution < 1.29 is 22.7 Å². The topological polar surface area (TPSA) is 84.9 Å². The molecule has 0 saturated carbocycles. The second-order valence-electron chi connectivity index (χ2n) is 5.84. The van der Waals surface area contributed by atoms with Crippen molar-refractivity contribution in [2.45, 2.75) is 11.3 Å². The van der Waals surface area contributed by atoms with Crippen LogP contribution in [0.1, 0.15) is 6.42 Å². The van der Waals surface area contributed by atoms with Crippen LogP contribution >= 0.6 is 11.6 Å². The van der Waals surface area contributed by atoms with Gasteiger partial charge in [-0.15, -0.1) is 0 Å². The third kappa shape index (κ3) is 5.60. The normalized spacial score (nSPS) is 11.1. The van der Waals surface area contributed by atoms with Gasteiger partial charge < -0.3 is 14.8 Å². The first-order valence-electron chi connectivity index (χ1n) is 8.57. The van der Waals surface area contributed by atoms with E-state index in [1.54, 1.807) is 37.4 Å². The van der Waals surface area contributed by atoms with E-state index in [1.807, 2.05) is 0 Å². The van der Waals surface area contributed by atoms with Crippen molar-refractivity contribution in [3.05, 3.63) is 53.6 Å². The number of halogens is 1. The van der Waals surface area contributed by atoms with Gasteiger partial charge in [0.05, 0.1) is 17.7 Å². The van der Waals surface area contributed by atoms with Crippen LogP contribution in [0.15, 0.2) is 53.4 Å². The minimum atomic E-state index is -4.02. The molecule has 0 bridgehead atoms. The van der Waals surface area contributed by atoms with Gasteiger partial charge in [0.1, 0.15) is 12.3 Å². The quantitative estimate of drug-likeness (QED) is 0.590. The number of hydrogen-bond acceptors (Lipinski definition) is 5. The Labute approximate surface area is 170 Å². The third-order valence-electron chi connectivity index (χ3n) is 3.88. The molecular weight excluding hydrogens is 404 g/mol. The lowest BCUT2D eigenvalue weighted by molar-refractivity contribution is -0.119. The summed E-state index contributed by atoms with van der Waals surface area (Å²) in [4.78, 5) is 12.5. The number of rotatable bonds is 10. The molecule has 0 saturated heterocycles. The van der Waals surface area contributed by atoms with Gasteiger partial charge in [0, 0.05) is 25.3 Å². The van der Waals surface area contributed by atoms with Crippen molar-refractivity contribution in [1.82, 2.24) is 5.32 Å². The fourth-order valence-corrected chi connectivity index (χ4v) is 4.12. The maximum atomic E-state index is 13.3. The highest BCUT2D eigenvalue weighted by Crippen LogP contribution is 2.34. The maximum absolute atomic E-state index is 13.3. The minimum absolute atomic E-state index is 0.0595. The highest BCUT2D eigenvalue weighted by molar-refractivity contribution is 7.92. The predicted octanol–water partition coefficient (Wildman–Crippen LogP) is 2.70. The number of benzene rings is 2. The molecule has 0 unspecified atom stereocenters. The Balaban J connectivity index is 2.39. The first-order chi connectivity index (χ1) is 13.4. The first-order valence-corrected chi connectivity index (χ1v) is 10.4. The van der Waals surface area contributed by atoms with Crippen molar-refractivity contribution in [2.75, 3.05) is 38.2 Å². The Bertz CT molecular complexity index is 890. The molecule has 0 fully saturated rings. The molecule has 0 aliphatic carbocycles. The van der Waals surface area contributed by atoms with Crippen molar-refractivity contribution in [3.63, 3.8) is 0 Å². The van der Waals surface area contributed by atoms with Crippen molar-refractivity contribution in [2.24, 2.45) is 0 Å². The number of carbonyl (C=O) groups excluding carboxylic acids is 1. The van der Waals surface area contributed by atoms with Gasteiger partial charge in [0.15, 0.2) is 0 Å². The summed E-state index contributed by atoms with van der Waals surface area (Å²) >= 11 is 6.08. The van der Waals surface area contributed by atoms with Crippen molar-refractivity contribution in [1.29, 1.82) is 0 Å². The zero-order chi connectivity index (χ0) is 20.6. The van der Waals surface area contributed by atoms with Gasteiger partial charge in [-0.25, -0.2) is 8.42 Å². The Kier molecular flexibility index (Phi) is 8.10. The third-order valence-corrected chi connectivity index (χ3v) is 5.88. The molecule has 0 aliphatic heterocycles. The lowest BCUT2D eigenvalue weighted by Gasteiger charge is -2.25. The molecule has 0 aromatic heterocycles. The minimum Gasteiger partial charge on any atom is -0.495 e. The summed E-state index contributed by atoms with van der Waals surface area (Å²) in [6.07, 6.45) is 0.619. The molecule has 7 nitrogen and oxygen atoms in total. The van der Waals surface area contributed by atoms with E-state index in [2.05, 4.69) is 5.32 Å². The van der Waals surface area contributed by atoms with Crippen molar-refractivity contribution in [3.8, 4) is 5.75 Å². The monoisotopic (exact) mass is 426 g/mol. The average molecular weight is 427 g/mol. The van der Waals surface area contributed by atoms with Gasteiger partial charge in [-0.1, -0.05) is 29.8 Å². The second-order valence-corrected chi connectivity index (χ2v) is 8.14. The molecule has 9 heteroatoms. The number of sulfonamides is 1. The molecular formula is C19H23ClN2O5S. The Hall–Kier alpha value is -2.29. The van der Waals surface area contributed by atoms with Crippen LogP contribution < -0.4 is 14.4 Å². The molecule has 152 valence electrons. The molecule has 2 rings (SSSR count). The van der Waals surface area contributed by atoms with Crippen LogP contribution in [0, 0.1) is 0 Å². The van der Waals surface area contributed by atoms with E-state index in [0.29, 0.717) is 24.6 Å². The van der Waals surface area contributed by atoms with E-state index in [-0.39, 0.29) is 16.3 Å². The summed E-state index contributed by atoms with van der Waals surface area (Å²) in [5, 5.41) is 3.02. The molecule has 0 atom stereocenters. The van der Waals surface area contributed by atoms with E-state index in [1.165, 1.54) is 25.3 Å².